The van der Waals surface area contributed by atoms with Crippen LogP contribution in [0, 0.1) is 18.3 Å². The van der Waals surface area contributed by atoms with Crippen molar-refractivity contribution in [2.45, 2.75) is 27.2 Å². The second kappa shape index (κ2) is 8.47. The monoisotopic (exact) mass is 301 g/mol. The van der Waals surface area contributed by atoms with Crippen molar-refractivity contribution >= 4 is 23.3 Å². The van der Waals surface area contributed by atoms with E-state index >= 15 is 0 Å². The average Bonchev–Trinajstić information content (AvgIpc) is 2.51. The highest BCUT2D eigenvalue weighted by Gasteiger charge is 2.09. The Morgan fingerprint density at radius 1 is 1.36 bits per heavy atom. The number of hydrogen-bond donors (Lipinski definition) is 2. The predicted molar refractivity (Wildman–Crippen MR) is 84.1 cm³/mol. The number of benzene rings is 1. The number of esters is 1. The number of nitrogens with one attached hydrogen (secondary N) is 2. The summed E-state index contributed by atoms with van der Waals surface area (Å²) in [5.74, 6) is -0.760. The van der Waals surface area contributed by atoms with Gasteiger partial charge in [-0.3, -0.25) is 4.79 Å². The Morgan fingerprint density at radius 2 is 2.09 bits per heavy atom. The number of nitrogens with zero attached hydrogens (tertiary/aromatic N) is 1. The molecule has 116 valence electrons. The average molecular weight is 301 g/mol. The Balaban J connectivity index is 2.90. The summed E-state index contributed by atoms with van der Waals surface area (Å²) < 4.78 is 4.77. The van der Waals surface area contributed by atoms with E-state index in [2.05, 4.69) is 10.6 Å². The molecule has 0 fully saturated rings. The maximum Gasteiger partial charge on any atom is 0.350 e. The fourth-order valence-electron chi connectivity index (χ4n) is 1.59. The van der Waals surface area contributed by atoms with Gasteiger partial charge in [0.15, 0.2) is 5.57 Å². The number of ether oxygens (including phenoxy) is 1. The first-order chi connectivity index (χ1) is 10.5. The summed E-state index contributed by atoms with van der Waals surface area (Å²) in [6.07, 6.45) is 1.67. The van der Waals surface area contributed by atoms with Crippen molar-refractivity contribution in [3.8, 4) is 6.07 Å². The molecule has 1 amide bonds. The van der Waals surface area contributed by atoms with E-state index in [1.807, 2.05) is 13.0 Å². The number of anilines is 2. The Labute approximate surface area is 129 Å². The van der Waals surface area contributed by atoms with Crippen molar-refractivity contribution in [3.63, 3.8) is 0 Å². The molecule has 6 heteroatoms. The number of nitriles is 1. The Bertz CT molecular complexity index is 630. The molecule has 0 bridgehead atoms. The third-order valence-electron chi connectivity index (χ3n) is 2.83. The minimum Gasteiger partial charge on any atom is -0.462 e. The lowest BCUT2D eigenvalue weighted by atomic mass is 10.1. The molecular formula is C16H19N3O3. The molecule has 0 unspecified atom stereocenters. The summed E-state index contributed by atoms with van der Waals surface area (Å²) in [7, 11) is 0. The van der Waals surface area contributed by atoms with Gasteiger partial charge in [0.2, 0.25) is 5.91 Å². The van der Waals surface area contributed by atoms with E-state index in [-0.39, 0.29) is 18.1 Å². The van der Waals surface area contributed by atoms with Crippen LogP contribution >= 0.6 is 0 Å². The number of rotatable bonds is 6. The van der Waals surface area contributed by atoms with E-state index in [9.17, 15) is 9.59 Å². The molecular weight excluding hydrogens is 282 g/mol. The quantitative estimate of drug-likeness (QED) is 0.479. The molecule has 1 aromatic carbocycles. The molecule has 0 spiro atoms. The van der Waals surface area contributed by atoms with Gasteiger partial charge in [0.05, 0.1) is 6.61 Å². The van der Waals surface area contributed by atoms with Crippen LogP contribution in [0.3, 0.4) is 0 Å². The highest BCUT2D eigenvalue weighted by Crippen LogP contribution is 2.20. The second-order valence-electron chi connectivity index (χ2n) is 4.47. The van der Waals surface area contributed by atoms with Gasteiger partial charge in [-0.25, -0.2) is 4.79 Å². The van der Waals surface area contributed by atoms with Gasteiger partial charge < -0.3 is 15.4 Å². The molecule has 0 saturated carbocycles. The van der Waals surface area contributed by atoms with E-state index < -0.39 is 5.97 Å². The molecule has 0 aromatic heterocycles. The summed E-state index contributed by atoms with van der Waals surface area (Å²) in [6, 6.07) is 7.13. The smallest absolute Gasteiger partial charge is 0.350 e. The number of hydrogen-bond acceptors (Lipinski definition) is 5. The lowest BCUT2D eigenvalue weighted by Gasteiger charge is -2.10. The third-order valence-corrected chi connectivity index (χ3v) is 2.83. The first-order valence-corrected chi connectivity index (χ1v) is 6.96. The van der Waals surface area contributed by atoms with Crippen LogP contribution in [0.4, 0.5) is 11.4 Å². The predicted octanol–water partition coefficient (Wildman–Crippen LogP) is 2.73. The van der Waals surface area contributed by atoms with Gasteiger partial charge in [0, 0.05) is 24.0 Å². The Hall–Kier alpha value is -2.81. The fraction of sp³-hybridized carbons (Fsp3) is 0.312. The zero-order chi connectivity index (χ0) is 16.5. The normalized spacial score (nSPS) is 10.5. The molecule has 0 aliphatic rings. The second-order valence-corrected chi connectivity index (χ2v) is 4.47. The highest BCUT2D eigenvalue weighted by molar-refractivity contribution is 5.93. The van der Waals surface area contributed by atoms with Crippen LogP contribution in [-0.4, -0.2) is 18.5 Å². The molecule has 0 saturated heterocycles. The zero-order valence-electron chi connectivity index (χ0n) is 12.9. The maximum atomic E-state index is 11.5. The van der Waals surface area contributed by atoms with Crippen LogP contribution < -0.4 is 10.6 Å². The lowest BCUT2D eigenvalue weighted by molar-refractivity contribution is -0.138. The Kier molecular flexibility index (Phi) is 6.64. The molecule has 0 aliphatic carbocycles. The minimum atomic E-state index is -0.677. The first-order valence-electron chi connectivity index (χ1n) is 6.96. The topological polar surface area (TPSA) is 91.2 Å². The van der Waals surface area contributed by atoms with Gasteiger partial charge in [0.25, 0.3) is 0 Å². The summed E-state index contributed by atoms with van der Waals surface area (Å²) in [5.41, 5.74) is 2.12. The summed E-state index contributed by atoms with van der Waals surface area (Å²) in [6.45, 7) is 5.52. The van der Waals surface area contributed by atoms with E-state index in [1.165, 1.54) is 6.20 Å². The van der Waals surface area contributed by atoms with E-state index in [0.29, 0.717) is 17.8 Å². The number of carbonyl (C=O) groups is 2. The standard InChI is InChI=1S/C16H19N3O3/c1-4-15(20)19-14-8-13(7-6-11(14)3)18-10-12(9-17)16(21)22-5-2/h6-8,10,18H,4-5H2,1-3H3,(H,19,20)/b12-10-. The van der Waals surface area contributed by atoms with Gasteiger partial charge >= 0.3 is 5.97 Å². The van der Waals surface area contributed by atoms with Crippen LogP contribution in [0.2, 0.25) is 0 Å². The molecule has 2 N–H and O–H groups in total. The largest absolute Gasteiger partial charge is 0.462 e. The van der Waals surface area contributed by atoms with Crippen molar-refractivity contribution in [1.29, 1.82) is 5.26 Å². The summed E-state index contributed by atoms with van der Waals surface area (Å²) in [5, 5.41) is 14.6. The van der Waals surface area contributed by atoms with Gasteiger partial charge in [0.1, 0.15) is 6.07 Å². The molecule has 6 nitrogen and oxygen atoms in total. The van der Waals surface area contributed by atoms with Crippen LogP contribution in [0.15, 0.2) is 30.0 Å². The molecule has 0 atom stereocenters. The van der Waals surface area contributed by atoms with Crippen molar-refractivity contribution in [1.82, 2.24) is 0 Å². The molecule has 22 heavy (non-hydrogen) atoms. The molecule has 0 radical (unpaired) electrons. The van der Waals surface area contributed by atoms with Crippen LogP contribution in [0.5, 0.6) is 0 Å². The van der Waals surface area contributed by atoms with Crippen molar-refractivity contribution < 1.29 is 14.3 Å². The SMILES string of the molecule is CCOC(=O)/C(C#N)=C\Nc1ccc(C)c(NC(=O)CC)c1. The number of aryl methyl sites for hydroxylation is 1. The third kappa shape index (κ3) is 4.94. The fourth-order valence-corrected chi connectivity index (χ4v) is 1.59. The molecule has 1 rings (SSSR count). The molecule has 1 aromatic rings. The van der Waals surface area contributed by atoms with E-state index in [4.69, 9.17) is 10.00 Å². The highest BCUT2D eigenvalue weighted by atomic mass is 16.5. The summed E-state index contributed by atoms with van der Waals surface area (Å²) in [4.78, 5) is 23.0. The summed E-state index contributed by atoms with van der Waals surface area (Å²) >= 11 is 0. The van der Waals surface area contributed by atoms with Gasteiger partial charge in [-0.1, -0.05) is 13.0 Å². The van der Waals surface area contributed by atoms with E-state index in [0.717, 1.165) is 5.56 Å². The molecule has 0 aliphatic heterocycles. The van der Waals surface area contributed by atoms with Crippen LogP contribution in [0.1, 0.15) is 25.8 Å². The lowest BCUT2D eigenvalue weighted by Crippen LogP contribution is -2.11. The first kappa shape index (κ1) is 17.2. The van der Waals surface area contributed by atoms with Gasteiger partial charge in [-0.2, -0.15) is 5.26 Å². The van der Waals surface area contributed by atoms with Gasteiger partial charge in [-0.15, -0.1) is 0 Å². The Morgan fingerprint density at radius 3 is 2.68 bits per heavy atom. The van der Waals surface area contributed by atoms with Crippen molar-refractivity contribution in [2.24, 2.45) is 0 Å². The van der Waals surface area contributed by atoms with Crippen LogP contribution in [0.25, 0.3) is 0 Å². The molecule has 0 heterocycles. The number of carbonyl (C=O) groups excluding carboxylic acids is 2. The zero-order valence-corrected chi connectivity index (χ0v) is 12.9. The van der Waals surface area contributed by atoms with Crippen LogP contribution in [-0.2, 0) is 14.3 Å². The van der Waals surface area contributed by atoms with Gasteiger partial charge in [-0.05, 0) is 31.5 Å². The van der Waals surface area contributed by atoms with Crippen molar-refractivity contribution in [2.75, 3.05) is 17.2 Å². The van der Waals surface area contributed by atoms with Crippen molar-refractivity contribution in [3.05, 3.63) is 35.5 Å². The maximum absolute atomic E-state index is 11.5. The minimum absolute atomic E-state index is 0.0833. The van der Waals surface area contributed by atoms with E-state index in [1.54, 1.807) is 32.0 Å². The number of amides is 1.